The number of ether oxygens (including phenoxy) is 1. The minimum Gasteiger partial charge on any atom is -0.497 e. The normalized spacial score (nSPS) is 23.5. The molecule has 5 rings (SSSR count). The number of aromatic nitrogens is 1. The Hall–Kier alpha value is -2.51. The summed E-state index contributed by atoms with van der Waals surface area (Å²) in [7, 11) is 1.59. The van der Waals surface area contributed by atoms with Gasteiger partial charge in [0.25, 0.3) is 5.91 Å². The quantitative estimate of drug-likeness (QED) is 0.791. The second-order valence-electron chi connectivity index (χ2n) is 7.31. The SMILES string of the molecule is COc1ccc(Cl)c(C2=CC3NC(=O)N(c4cncc(C5CC5)c4)C(=O)C3S2)c1. The second-order valence-corrected chi connectivity index (χ2v) is 8.91. The number of fused-ring (bicyclic) bond motifs is 1. The third kappa shape index (κ3) is 3.28. The zero-order valence-corrected chi connectivity index (χ0v) is 17.2. The van der Waals surface area contributed by atoms with E-state index in [-0.39, 0.29) is 11.9 Å². The van der Waals surface area contributed by atoms with Crippen LogP contribution in [-0.2, 0) is 4.79 Å². The van der Waals surface area contributed by atoms with Crippen LogP contribution in [0.5, 0.6) is 5.75 Å². The molecule has 0 bridgehead atoms. The molecule has 29 heavy (non-hydrogen) atoms. The number of pyridine rings is 1. The Morgan fingerprint density at radius 2 is 2.07 bits per heavy atom. The molecule has 1 aliphatic carbocycles. The molecule has 1 saturated heterocycles. The summed E-state index contributed by atoms with van der Waals surface area (Å²) < 4.78 is 5.29. The van der Waals surface area contributed by atoms with Crippen molar-refractivity contribution < 1.29 is 14.3 Å². The van der Waals surface area contributed by atoms with Gasteiger partial charge in [0.05, 0.1) is 25.0 Å². The molecule has 3 amide bonds. The van der Waals surface area contributed by atoms with Crippen LogP contribution in [0, 0.1) is 0 Å². The molecule has 3 aliphatic rings. The van der Waals surface area contributed by atoms with E-state index in [2.05, 4.69) is 10.3 Å². The maximum absolute atomic E-state index is 13.2. The van der Waals surface area contributed by atoms with Crippen LogP contribution < -0.4 is 15.0 Å². The van der Waals surface area contributed by atoms with Gasteiger partial charge in [-0.05, 0) is 54.7 Å². The molecule has 2 atom stereocenters. The van der Waals surface area contributed by atoms with Gasteiger partial charge in [-0.25, -0.2) is 9.69 Å². The van der Waals surface area contributed by atoms with Gasteiger partial charge in [-0.15, -0.1) is 11.8 Å². The Balaban J connectivity index is 1.43. The second kappa shape index (κ2) is 7.07. The summed E-state index contributed by atoms with van der Waals surface area (Å²) in [5.74, 6) is 0.923. The Kier molecular flexibility index (Phi) is 4.52. The molecule has 1 aromatic heterocycles. The summed E-state index contributed by atoms with van der Waals surface area (Å²) in [6.07, 6.45) is 7.52. The molecule has 3 heterocycles. The van der Waals surface area contributed by atoms with Gasteiger partial charge in [-0.2, -0.15) is 0 Å². The predicted molar refractivity (Wildman–Crippen MR) is 113 cm³/mol. The Morgan fingerprint density at radius 1 is 1.24 bits per heavy atom. The highest BCUT2D eigenvalue weighted by Gasteiger charge is 2.45. The van der Waals surface area contributed by atoms with E-state index >= 15 is 0 Å². The molecular weight excluding hydrogens is 410 g/mol. The number of urea groups is 1. The van der Waals surface area contributed by atoms with Crippen LogP contribution in [-0.4, -0.2) is 35.3 Å². The molecule has 2 unspecified atom stereocenters. The first-order chi connectivity index (χ1) is 14.0. The molecular formula is C21H18ClN3O3S. The Morgan fingerprint density at radius 3 is 2.83 bits per heavy atom. The number of amides is 3. The van der Waals surface area contributed by atoms with Crippen molar-refractivity contribution in [3.63, 3.8) is 0 Å². The maximum Gasteiger partial charge on any atom is 0.329 e. The van der Waals surface area contributed by atoms with E-state index in [0.717, 1.165) is 28.9 Å². The van der Waals surface area contributed by atoms with E-state index < -0.39 is 11.3 Å². The number of carbonyl (C=O) groups is 2. The summed E-state index contributed by atoms with van der Waals surface area (Å²) in [6, 6.07) is 6.48. The molecule has 6 nitrogen and oxygen atoms in total. The van der Waals surface area contributed by atoms with Gasteiger partial charge in [-0.1, -0.05) is 11.6 Å². The van der Waals surface area contributed by atoms with Crippen LogP contribution >= 0.6 is 23.4 Å². The van der Waals surface area contributed by atoms with Crippen molar-refractivity contribution in [3.8, 4) is 5.75 Å². The molecule has 148 valence electrons. The maximum atomic E-state index is 13.2. The highest BCUT2D eigenvalue weighted by molar-refractivity contribution is 8.09. The van der Waals surface area contributed by atoms with Crippen molar-refractivity contribution in [3.05, 3.63) is 58.9 Å². The highest BCUT2D eigenvalue weighted by Crippen LogP contribution is 2.45. The molecule has 1 N–H and O–H groups in total. The van der Waals surface area contributed by atoms with Crippen LogP contribution in [0.25, 0.3) is 4.91 Å². The fraction of sp³-hybridized carbons (Fsp3) is 0.286. The number of hydrogen-bond donors (Lipinski definition) is 1. The number of anilines is 1. The van der Waals surface area contributed by atoms with Gasteiger partial charge in [-0.3, -0.25) is 9.78 Å². The lowest BCUT2D eigenvalue weighted by Crippen LogP contribution is -2.60. The van der Waals surface area contributed by atoms with Crippen LogP contribution in [0.3, 0.4) is 0 Å². The summed E-state index contributed by atoms with van der Waals surface area (Å²) in [5.41, 5.74) is 2.38. The summed E-state index contributed by atoms with van der Waals surface area (Å²) in [6.45, 7) is 0. The monoisotopic (exact) mass is 427 g/mol. The first-order valence-electron chi connectivity index (χ1n) is 9.37. The number of nitrogens with zero attached hydrogens (tertiary/aromatic N) is 2. The van der Waals surface area contributed by atoms with E-state index in [1.165, 1.54) is 16.7 Å². The first kappa shape index (κ1) is 18.5. The van der Waals surface area contributed by atoms with Gasteiger partial charge in [0.1, 0.15) is 11.0 Å². The van der Waals surface area contributed by atoms with Crippen molar-refractivity contribution in [2.45, 2.75) is 30.1 Å². The van der Waals surface area contributed by atoms with Gasteiger partial charge in [0.2, 0.25) is 0 Å². The van der Waals surface area contributed by atoms with E-state index in [1.807, 2.05) is 24.4 Å². The van der Waals surface area contributed by atoms with Crippen LogP contribution in [0.2, 0.25) is 5.02 Å². The molecule has 8 heteroatoms. The summed E-state index contributed by atoms with van der Waals surface area (Å²) in [4.78, 5) is 32.3. The molecule has 1 saturated carbocycles. The molecule has 1 aromatic carbocycles. The number of carbonyl (C=O) groups excluding carboxylic acids is 2. The number of methoxy groups -OCH3 is 1. The average molecular weight is 428 g/mol. The van der Waals surface area contributed by atoms with Gasteiger partial charge in [0.15, 0.2) is 0 Å². The number of benzene rings is 1. The van der Waals surface area contributed by atoms with Crippen molar-refractivity contribution in [1.82, 2.24) is 10.3 Å². The van der Waals surface area contributed by atoms with Crippen LogP contribution in [0.1, 0.15) is 29.9 Å². The Bertz CT molecular complexity index is 1050. The van der Waals surface area contributed by atoms with Crippen LogP contribution in [0.4, 0.5) is 10.5 Å². The first-order valence-corrected chi connectivity index (χ1v) is 10.6. The lowest BCUT2D eigenvalue weighted by molar-refractivity contribution is -0.118. The van der Waals surface area contributed by atoms with E-state index in [4.69, 9.17) is 16.3 Å². The number of thioether (sulfide) groups is 1. The van der Waals surface area contributed by atoms with Crippen molar-refractivity contribution in [1.29, 1.82) is 0 Å². The lowest BCUT2D eigenvalue weighted by atomic mass is 10.1. The number of imide groups is 1. The van der Waals surface area contributed by atoms with E-state index in [9.17, 15) is 9.59 Å². The average Bonchev–Trinajstić information content (AvgIpc) is 3.49. The number of halogens is 1. The minimum absolute atomic E-state index is 0.247. The largest absolute Gasteiger partial charge is 0.497 e. The third-order valence-electron chi connectivity index (χ3n) is 5.36. The number of hydrogen-bond acceptors (Lipinski definition) is 5. The Labute approximate surface area is 177 Å². The van der Waals surface area contributed by atoms with Crippen LogP contribution in [0.15, 0.2) is 42.7 Å². The lowest BCUT2D eigenvalue weighted by Gasteiger charge is -2.33. The zero-order valence-electron chi connectivity index (χ0n) is 15.6. The van der Waals surface area contributed by atoms with Gasteiger partial charge >= 0.3 is 6.03 Å². The molecule has 2 aromatic rings. The van der Waals surface area contributed by atoms with Crippen molar-refractivity contribution in [2.24, 2.45) is 0 Å². The topological polar surface area (TPSA) is 71.5 Å². The fourth-order valence-corrected chi connectivity index (χ4v) is 5.25. The predicted octanol–water partition coefficient (Wildman–Crippen LogP) is 4.20. The standard InChI is InChI=1S/C21H18ClN3O3S/c1-28-14-4-5-16(22)15(7-14)18-8-17-19(29-18)20(26)25(21(27)24-17)13-6-12(9-23-10-13)11-2-3-11/h4-11,17,19H,2-3H2,1H3,(H,24,27). The number of rotatable bonds is 4. The smallest absolute Gasteiger partial charge is 0.329 e. The summed E-state index contributed by atoms with van der Waals surface area (Å²) >= 11 is 7.78. The molecule has 2 aliphatic heterocycles. The van der Waals surface area contributed by atoms with Gasteiger partial charge < -0.3 is 10.1 Å². The van der Waals surface area contributed by atoms with Gasteiger partial charge in [0, 0.05) is 21.7 Å². The fourth-order valence-electron chi connectivity index (χ4n) is 3.68. The van der Waals surface area contributed by atoms with E-state index in [1.54, 1.807) is 25.4 Å². The van der Waals surface area contributed by atoms with E-state index in [0.29, 0.717) is 22.4 Å². The molecule has 0 spiro atoms. The van der Waals surface area contributed by atoms with Crippen molar-refractivity contribution in [2.75, 3.05) is 12.0 Å². The highest BCUT2D eigenvalue weighted by atomic mass is 35.5. The van der Waals surface area contributed by atoms with Crippen molar-refractivity contribution >= 4 is 45.9 Å². The molecule has 0 radical (unpaired) electrons. The minimum atomic E-state index is -0.449. The third-order valence-corrected chi connectivity index (χ3v) is 7.05. The number of nitrogens with one attached hydrogen (secondary N) is 1. The molecule has 2 fully saturated rings. The summed E-state index contributed by atoms with van der Waals surface area (Å²) in [5, 5.41) is 3.06. The zero-order chi connectivity index (χ0) is 20.1.